The van der Waals surface area contributed by atoms with Gasteiger partial charge in [-0.05, 0) is 25.8 Å². The summed E-state index contributed by atoms with van der Waals surface area (Å²) in [7, 11) is 3.95. The Labute approximate surface area is 129 Å². The lowest BCUT2D eigenvalue weighted by molar-refractivity contribution is -0.152. The number of hydrogen-bond acceptors (Lipinski definition) is 5. The minimum absolute atomic E-state index is 0.532. The SMILES string of the molecule is C=CC[C@@]1(C(=O)O)CCCN(Cc2cnc(N(C)C)s2)C1. The monoisotopic (exact) mass is 309 g/mol. The standard InChI is InChI=1S/C15H23N3O2S/c1-4-6-15(13(19)20)7-5-8-18(11-15)10-12-9-16-14(21-12)17(2)3/h4,9H,1,5-8,10-11H2,2-3H3,(H,19,20)/t15-/m1/s1. The number of piperidine rings is 1. The normalized spacial score (nSPS) is 23.0. The minimum Gasteiger partial charge on any atom is -0.481 e. The van der Waals surface area contributed by atoms with Gasteiger partial charge >= 0.3 is 5.97 Å². The molecule has 1 aromatic rings. The van der Waals surface area contributed by atoms with Gasteiger partial charge in [-0.3, -0.25) is 9.69 Å². The number of likely N-dealkylation sites (tertiary alicyclic amines) is 1. The minimum atomic E-state index is -0.703. The summed E-state index contributed by atoms with van der Waals surface area (Å²) in [6, 6.07) is 0. The molecule has 1 atom stereocenters. The van der Waals surface area contributed by atoms with Crippen molar-refractivity contribution in [1.82, 2.24) is 9.88 Å². The molecular weight excluding hydrogens is 286 g/mol. The molecule has 1 saturated heterocycles. The van der Waals surface area contributed by atoms with Crippen molar-refractivity contribution in [2.75, 3.05) is 32.1 Å². The molecular formula is C15H23N3O2S. The van der Waals surface area contributed by atoms with Crippen molar-refractivity contribution in [2.45, 2.75) is 25.8 Å². The molecule has 116 valence electrons. The van der Waals surface area contributed by atoms with Gasteiger partial charge in [-0.1, -0.05) is 6.08 Å². The highest BCUT2D eigenvalue weighted by Crippen LogP contribution is 2.35. The van der Waals surface area contributed by atoms with Crippen LogP contribution in [0.15, 0.2) is 18.9 Å². The number of nitrogens with zero attached hydrogens (tertiary/aromatic N) is 3. The second-order valence-corrected chi connectivity index (χ2v) is 6.99. The average molecular weight is 309 g/mol. The summed E-state index contributed by atoms with van der Waals surface area (Å²) in [6.45, 7) is 6.03. The molecule has 0 radical (unpaired) electrons. The number of aliphatic carboxylic acids is 1. The van der Waals surface area contributed by atoms with Gasteiger partial charge in [-0.15, -0.1) is 17.9 Å². The molecule has 0 aliphatic carbocycles. The number of carboxylic acids is 1. The first kappa shape index (κ1) is 16.0. The maximum absolute atomic E-state index is 11.7. The van der Waals surface area contributed by atoms with E-state index in [0.717, 1.165) is 31.1 Å². The van der Waals surface area contributed by atoms with Crippen molar-refractivity contribution in [3.63, 3.8) is 0 Å². The molecule has 0 aromatic carbocycles. The lowest BCUT2D eigenvalue weighted by Crippen LogP contribution is -2.47. The second kappa shape index (κ2) is 6.58. The third kappa shape index (κ3) is 3.63. The van der Waals surface area contributed by atoms with Crippen LogP contribution in [-0.2, 0) is 11.3 Å². The molecule has 2 heterocycles. The third-order valence-corrected chi connectivity index (χ3v) is 5.10. The van der Waals surface area contributed by atoms with Gasteiger partial charge < -0.3 is 10.0 Å². The molecule has 1 N–H and O–H groups in total. The summed E-state index contributed by atoms with van der Waals surface area (Å²) in [5, 5.41) is 10.6. The Morgan fingerprint density at radius 1 is 1.67 bits per heavy atom. The summed E-state index contributed by atoms with van der Waals surface area (Å²) < 4.78 is 0. The topological polar surface area (TPSA) is 56.7 Å². The van der Waals surface area contributed by atoms with Crippen molar-refractivity contribution >= 4 is 22.4 Å². The molecule has 1 aliphatic heterocycles. The van der Waals surface area contributed by atoms with E-state index in [0.29, 0.717) is 13.0 Å². The van der Waals surface area contributed by atoms with Crippen molar-refractivity contribution in [3.05, 3.63) is 23.7 Å². The molecule has 21 heavy (non-hydrogen) atoms. The number of allylic oxidation sites excluding steroid dienone is 1. The van der Waals surface area contributed by atoms with Crippen molar-refractivity contribution in [2.24, 2.45) is 5.41 Å². The fraction of sp³-hybridized carbons (Fsp3) is 0.600. The zero-order valence-electron chi connectivity index (χ0n) is 12.7. The summed E-state index contributed by atoms with van der Waals surface area (Å²) in [4.78, 5) is 21.4. The number of hydrogen-bond donors (Lipinski definition) is 1. The van der Waals surface area contributed by atoms with Crippen LogP contribution in [0.25, 0.3) is 0 Å². The molecule has 0 saturated carbocycles. The summed E-state index contributed by atoms with van der Waals surface area (Å²) in [5.74, 6) is -0.703. The first-order chi connectivity index (χ1) is 9.97. The van der Waals surface area contributed by atoms with Crippen LogP contribution in [0.4, 0.5) is 5.13 Å². The van der Waals surface area contributed by atoms with E-state index in [1.165, 1.54) is 4.88 Å². The Hall–Kier alpha value is -1.40. The third-order valence-electron chi connectivity index (χ3n) is 3.95. The maximum atomic E-state index is 11.7. The number of rotatable bonds is 6. The smallest absolute Gasteiger partial charge is 0.311 e. The first-order valence-electron chi connectivity index (χ1n) is 7.15. The molecule has 5 nitrogen and oxygen atoms in total. The Kier molecular flexibility index (Phi) is 5.00. The van der Waals surface area contributed by atoms with Crippen molar-refractivity contribution in [3.8, 4) is 0 Å². The van der Waals surface area contributed by atoms with Gasteiger partial charge in [0, 0.05) is 38.3 Å². The Morgan fingerprint density at radius 3 is 3.00 bits per heavy atom. The van der Waals surface area contributed by atoms with Crippen LogP contribution < -0.4 is 4.90 Å². The van der Waals surface area contributed by atoms with E-state index >= 15 is 0 Å². The highest BCUT2D eigenvalue weighted by molar-refractivity contribution is 7.15. The van der Waals surface area contributed by atoms with E-state index in [1.807, 2.05) is 25.2 Å². The number of anilines is 1. The van der Waals surface area contributed by atoms with Gasteiger partial charge in [0.2, 0.25) is 0 Å². The Bertz CT molecular complexity index is 515. The molecule has 0 amide bonds. The largest absolute Gasteiger partial charge is 0.481 e. The quantitative estimate of drug-likeness (QED) is 0.818. The zero-order chi connectivity index (χ0) is 15.5. The van der Waals surface area contributed by atoms with Gasteiger partial charge in [0.05, 0.1) is 5.41 Å². The summed E-state index contributed by atoms with van der Waals surface area (Å²) in [6.07, 6.45) is 5.81. The summed E-state index contributed by atoms with van der Waals surface area (Å²) in [5.41, 5.74) is -0.672. The van der Waals surface area contributed by atoms with Crippen LogP contribution >= 0.6 is 11.3 Å². The van der Waals surface area contributed by atoms with Gasteiger partial charge in [0.15, 0.2) is 5.13 Å². The Morgan fingerprint density at radius 2 is 2.43 bits per heavy atom. The fourth-order valence-corrected chi connectivity index (χ4v) is 3.74. The van der Waals surface area contributed by atoms with Crippen LogP contribution in [0.5, 0.6) is 0 Å². The van der Waals surface area contributed by atoms with Crippen LogP contribution in [0.1, 0.15) is 24.1 Å². The Balaban J connectivity index is 2.06. The molecule has 0 unspecified atom stereocenters. The molecule has 1 aromatic heterocycles. The number of carboxylic acid groups (broad SMARTS) is 1. The molecule has 6 heteroatoms. The molecule has 1 aliphatic rings. The number of carbonyl (C=O) groups is 1. The maximum Gasteiger partial charge on any atom is 0.311 e. The number of aromatic nitrogens is 1. The van der Waals surface area contributed by atoms with Gasteiger partial charge in [0.25, 0.3) is 0 Å². The highest BCUT2D eigenvalue weighted by Gasteiger charge is 2.41. The molecule has 1 fully saturated rings. The molecule has 0 spiro atoms. The predicted octanol–water partition coefficient (Wildman–Crippen LogP) is 2.45. The molecule has 2 rings (SSSR count). The highest BCUT2D eigenvalue weighted by atomic mass is 32.1. The van der Waals surface area contributed by atoms with E-state index in [2.05, 4.69) is 16.5 Å². The predicted molar refractivity (Wildman–Crippen MR) is 85.8 cm³/mol. The van der Waals surface area contributed by atoms with Gasteiger partial charge in [-0.2, -0.15) is 0 Å². The van der Waals surface area contributed by atoms with Crippen LogP contribution in [0, 0.1) is 5.41 Å². The average Bonchev–Trinajstić information content (AvgIpc) is 2.88. The van der Waals surface area contributed by atoms with Crippen molar-refractivity contribution in [1.29, 1.82) is 0 Å². The summed E-state index contributed by atoms with van der Waals surface area (Å²) >= 11 is 1.66. The van der Waals surface area contributed by atoms with Gasteiger partial charge in [-0.25, -0.2) is 4.98 Å². The number of thiazole rings is 1. The van der Waals surface area contributed by atoms with E-state index in [4.69, 9.17) is 0 Å². The van der Waals surface area contributed by atoms with Crippen LogP contribution in [0.2, 0.25) is 0 Å². The zero-order valence-corrected chi connectivity index (χ0v) is 13.5. The van der Waals surface area contributed by atoms with Crippen LogP contribution in [-0.4, -0.2) is 48.1 Å². The van der Waals surface area contributed by atoms with Crippen molar-refractivity contribution < 1.29 is 9.90 Å². The van der Waals surface area contributed by atoms with E-state index < -0.39 is 11.4 Å². The van der Waals surface area contributed by atoms with E-state index in [-0.39, 0.29) is 0 Å². The first-order valence-corrected chi connectivity index (χ1v) is 7.97. The lowest BCUT2D eigenvalue weighted by Gasteiger charge is -2.39. The van der Waals surface area contributed by atoms with Crippen LogP contribution in [0.3, 0.4) is 0 Å². The van der Waals surface area contributed by atoms with E-state index in [1.54, 1.807) is 17.4 Å². The lowest BCUT2D eigenvalue weighted by atomic mass is 9.77. The fourth-order valence-electron chi connectivity index (χ4n) is 2.86. The second-order valence-electron chi connectivity index (χ2n) is 5.90. The van der Waals surface area contributed by atoms with Gasteiger partial charge in [0.1, 0.15) is 0 Å². The molecule has 0 bridgehead atoms. The van der Waals surface area contributed by atoms with E-state index in [9.17, 15) is 9.90 Å².